The van der Waals surface area contributed by atoms with Crippen molar-refractivity contribution in [2.75, 3.05) is 13.2 Å². The minimum absolute atomic E-state index is 0.0524. The fourth-order valence-electron chi connectivity index (χ4n) is 2.44. The Hall–Kier alpha value is -1.05. The first-order valence-electron chi connectivity index (χ1n) is 7.06. The Balaban J connectivity index is 2.35. The molecule has 0 aromatic carbocycles. The van der Waals surface area contributed by atoms with Crippen LogP contribution in [0.15, 0.2) is 0 Å². The number of aliphatic hydroxyl groups is 1. The second-order valence-electron chi connectivity index (χ2n) is 5.44. The van der Waals surface area contributed by atoms with E-state index in [1.165, 1.54) is 0 Å². The Labute approximate surface area is 115 Å². The van der Waals surface area contributed by atoms with Crippen LogP contribution in [0.2, 0.25) is 0 Å². The van der Waals surface area contributed by atoms with Crippen molar-refractivity contribution in [3.8, 4) is 12.3 Å². The van der Waals surface area contributed by atoms with Gasteiger partial charge in [0.05, 0.1) is 18.1 Å². The summed E-state index contributed by atoms with van der Waals surface area (Å²) in [6.45, 7) is 4.78. The third-order valence-electron chi connectivity index (χ3n) is 3.74. The van der Waals surface area contributed by atoms with Gasteiger partial charge in [-0.1, -0.05) is 0 Å². The summed E-state index contributed by atoms with van der Waals surface area (Å²) in [6, 6.07) is 0.205. The number of carbonyl (C=O) groups excluding carboxylic acids is 1. The number of hydrogen-bond acceptors (Lipinski definition) is 4. The molecule has 0 aromatic heterocycles. The molecule has 0 spiro atoms. The molecule has 1 rings (SSSR count). The van der Waals surface area contributed by atoms with Crippen molar-refractivity contribution in [1.82, 2.24) is 5.32 Å². The van der Waals surface area contributed by atoms with Gasteiger partial charge >= 0.3 is 5.97 Å². The Bertz CT molecular complexity index is 327. The van der Waals surface area contributed by atoms with E-state index in [2.05, 4.69) is 11.2 Å². The maximum Gasteiger partial charge on any atom is 0.308 e. The number of terminal acetylenes is 1. The van der Waals surface area contributed by atoms with E-state index < -0.39 is 5.60 Å². The molecule has 0 aliphatic heterocycles. The number of ether oxygens (including phenoxy) is 1. The molecule has 108 valence electrons. The third kappa shape index (κ3) is 5.22. The third-order valence-corrected chi connectivity index (χ3v) is 3.74. The maximum absolute atomic E-state index is 11.6. The molecule has 0 heterocycles. The van der Waals surface area contributed by atoms with E-state index in [1.807, 2.05) is 13.8 Å². The Morgan fingerprint density at radius 2 is 2.21 bits per heavy atom. The molecule has 4 nitrogen and oxygen atoms in total. The SMILES string of the molecule is C#CCC(C)NCC1(O)CCC(C(=O)OCC)CC1. The van der Waals surface area contributed by atoms with Crippen LogP contribution in [0.5, 0.6) is 0 Å². The highest BCUT2D eigenvalue weighted by atomic mass is 16.5. The van der Waals surface area contributed by atoms with Crippen LogP contribution >= 0.6 is 0 Å². The van der Waals surface area contributed by atoms with Crippen molar-refractivity contribution in [3.05, 3.63) is 0 Å². The average Bonchev–Trinajstić information content (AvgIpc) is 2.38. The van der Waals surface area contributed by atoms with Gasteiger partial charge < -0.3 is 15.2 Å². The zero-order chi connectivity index (χ0) is 14.3. The molecule has 0 bridgehead atoms. The molecule has 1 saturated carbocycles. The normalized spacial score (nSPS) is 28.4. The smallest absolute Gasteiger partial charge is 0.308 e. The highest BCUT2D eigenvalue weighted by Crippen LogP contribution is 2.32. The van der Waals surface area contributed by atoms with E-state index in [9.17, 15) is 9.90 Å². The second-order valence-corrected chi connectivity index (χ2v) is 5.44. The lowest BCUT2D eigenvalue weighted by atomic mass is 9.78. The number of hydrogen-bond donors (Lipinski definition) is 2. The second kappa shape index (κ2) is 7.52. The Morgan fingerprint density at radius 1 is 1.58 bits per heavy atom. The van der Waals surface area contributed by atoms with Gasteiger partial charge in [0.1, 0.15) is 0 Å². The van der Waals surface area contributed by atoms with Crippen molar-refractivity contribution >= 4 is 5.97 Å². The van der Waals surface area contributed by atoms with Crippen LogP contribution < -0.4 is 5.32 Å². The summed E-state index contributed by atoms with van der Waals surface area (Å²) >= 11 is 0. The fraction of sp³-hybridized carbons (Fsp3) is 0.800. The summed E-state index contributed by atoms with van der Waals surface area (Å²) in [5, 5.41) is 13.7. The molecule has 0 saturated heterocycles. The van der Waals surface area contributed by atoms with Gasteiger partial charge in [-0.15, -0.1) is 12.3 Å². The molecular formula is C15H25NO3. The highest BCUT2D eigenvalue weighted by molar-refractivity contribution is 5.72. The lowest BCUT2D eigenvalue weighted by Crippen LogP contribution is -2.46. The first-order valence-corrected chi connectivity index (χ1v) is 7.06. The number of rotatable bonds is 6. The van der Waals surface area contributed by atoms with Crippen LogP contribution in [0.3, 0.4) is 0 Å². The highest BCUT2D eigenvalue weighted by Gasteiger charge is 2.36. The quantitative estimate of drug-likeness (QED) is 0.565. The predicted molar refractivity (Wildman–Crippen MR) is 74.5 cm³/mol. The molecule has 1 aliphatic carbocycles. The number of carbonyl (C=O) groups is 1. The lowest BCUT2D eigenvalue weighted by molar-refractivity contribution is -0.151. The van der Waals surface area contributed by atoms with Crippen LogP contribution in [-0.2, 0) is 9.53 Å². The summed E-state index contributed by atoms with van der Waals surface area (Å²) in [5.41, 5.74) is -0.716. The summed E-state index contributed by atoms with van der Waals surface area (Å²) in [5.74, 6) is 2.42. The van der Waals surface area contributed by atoms with Crippen molar-refractivity contribution in [2.45, 2.75) is 57.6 Å². The maximum atomic E-state index is 11.6. The van der Waals surface area contributed by atoms with Gasteiger partial charge in [-0.2, -0.15) is 0 Å². The van der Waals surface area contributed by atoms with Crippen LogP contribution in [0.25, 0.3) is 0 Å². The van der Waals surface area contributed by atoms with Gasteiger partial charge in [0.25, 0.3) is 0 Å². The van der Waals surface area contributed by atoms with Gasteiger partial charge in [-0.05, 0) is 39.5 Å². The van der Waals surface area contributed by atoms with Crippen LogP contribution in [0, 0.1) is 18.3 Å². The van der Waals surface area contributed by atoms with Gasteiger partial charge in [0.2, 0.25) is 0 Å². The minimum Gasteiger partial charge on any atom is -0.466 e. The summed E-state index contributed by atoms with van der Waals surface area (Å²) in [6.07, 6.45) is 8.55. The van der Waals surface area contributed by atoms with E-state index in [0.29, 0.717) is 45.3 Å². The summed E-state index contributed by atoms with van der Waals surface area (Å²) in [7, 11) is 0. The van der Waals surface area contributed by atoms with E-state index in [1.54, 1.807) is 0 Å². The first-order chi connectivity index (χ1) is 9.00. The van der Waals surface area contributed by atoms with E-state index in [-0.39, 0.29) is 17.9 Å². The molecule has 0 radical (unpaired) electrons. The molecule has 1 unspecified atom stereocenters. The standard InChI is InChI=1S/C15H25NO3/c1-4-6-12(3)16-11-15(18)9-7-13(8-10-15)14(17)19-5-2/h1,12-13,16,18H,5-11H2,2-3H3. The van der Waals surface area contributed by atoms with Gasteiger partial charge in [0.15, 0.2) is 0 Å². The van der Waals surface area contributed by atoms with Crippen LogP contribution in [0.1, 0.15) is 46.0 Å². The summed E-state index contributed by atoms with van der Waals surface area (Å²) < 4.78 is 5.02. The Morgan fingerprint density at radius 3 is 2.74 bits per heavy atom. The number of nitrogens with one attached hydrogen (secondary N) is 1. The zero-order valence-corrected chi connectivity index (χ0v) is 11.9. The molecule has 19 heavy (non-hydrogen) atoms. The molecule has 4 heteroatoms. The van der Waals surface area contributed by atoms with Crippen molar-refractivity contribution in [3.63, 3.8) is 0 Å². The molecule has 0 amide bonds. The van der Waals surface area contributed by atoms with Crippen LogP contribution in [-0.4, -0.2) is 35.9 Å². The van der Waals surface area contributed by atoms with E-state index in [0.717, 1.165) is 0 Å². The van der Waals surface area contributed by atoms with Gasteiger partial charge in [-0.3, -0.25) is 4.79 Å². The number of esters is 1. The van der Waals surface area contributed by atoms with Gasteiger partial charge in [-0.25, -0.2) is 0 Å². The topological polar surface area (TPSA) is 58.6 Å². The van der Waals surface area contributed by atoms with Crippen molar-refractivity contribution in [2.24, 2.45) is 5.92 Å². The molecular weight excluding hydrogens is 242 g/mol. The van der Waals surface area contributed by atoms with Crippen LogP contribution in [0.4, 0.5) is 0 Å². The fourth-order valence-corrected chi connectivity index (χ4v) is 2.44. The molecule has 1 atom stereocenters. The predicted octanol–water partition coefficient (Wildman–Crippen LogP) is 1.47. The van der Waals surface area contributed by atoms with Crippen molar-refractivity contribution in [1.29, 1.82) is 0 Å². The average molecular weight is 267 g/mol. The monoisotopic (exact) mass is 267 g/mol. The minimum atomic E-state index is -0.716. The first kappa shape index (κ1) is 16.0. The van der Waals surface area contributed by atoms with Gasteiger partial charge in [0, 0.05) is 19.0 Å². The molecule has 1 aliphatic rings. The lowest BCUT2D eigenvalue weighted by Gasteiger charge is -2.36. The molecule has 1 fully saturated rings. The largest absolute Gasteiger partial charge is 0.466 e. The Kier molecular flexibility index (Phi) is 6.33. The van der Waals surface area contributed by atoms with Crippen molar-refractivity contribution < 1.29 is 14.6 Å². The van der Waals surface area contributed by atoms with E-state index >= 15 is 0 Å². The van der Waals surface area contributed by atoms with E-state index in [4.69, 9.17) is 11.2 Å². The zero-order valence-electron chi connectivity index (χ0n) is 11.9. The summed E-state index contributed by atoms with van der Waals surface area (Å²) in [4.78, 5) is 11.6. The molecule has 2 N–H and O–H groups in total. The molecule has 0 aromatic rings.